The minimum absolute atomic E-state index is 0.00712. The van der Waals surface area contributed by atoms with E-state index in [1.807, 2.05) is 30.5 Å². The van der Waals surface area contributed by atoms with E-state index >= 15 is 0 Å². The fourth-order valence-corrected chi connectivity index (χ4v) is 2.48. The highest BCUT2D eigenvalue weighted by atomic mass is 16.1. The van der Waals surface area contributed by atoms with Crippen molar-refractivity contribution >= 4 is 22.5 Å². The number of para-hydroxylation sites is 1. The Hall–Kier alpha value is -2.14. The molecule has 21 heavy (non-hydrogen) atoms. The summed E-state index contributed by atoms with van der Waals surface area (Å²) in [7, 11) is 1.65. The third-order valence-electron chi connectivity index (χ3n) is 3.47. The Morgan fingerprint density at radius 1 is 1.38 bits per heavy atom. The first-order valence-electron chi connectivity index (χ1n) is 7.23. The molecule has 5 heteroatoms. The van der Waals surface area contributed by atoms with Gasteiger partial charge in [0.05, 0.1) is 17.7 Å². The van der Waals surface area contributed by atoms with E-state index in [0.29, 0.717) is 13.1 Å². The highest BCUT2D eigenvalue weighted by Crippen LogP contribution is 2.29. The Kier molecular flexibility index (Phi) is 5.11. The average Bonchev–Trinajstić information content (AvgIpc) is 2.53. The predicted octanol–water partition coefficient (Wildman–Crippen LogP) is 1.66. The van der Waals surface area contributed by atoms with E-state index in [9.17, 15) is 4.79 Å². The Morgan fingerprint density at radius 2 is 2.14 bits per heavy atom. The van der Waals surface area contributed by atoms with Crippen molar-refractivity contribution in [2.75, 3.05) is 25.0 Å². The summed E-state index contributed by atoms with van der Waals surface area (Å²) in [5, 5.41) is 3.72. The molecule has 2 rings (SSSR count). The highest BCUT2D eigenvalue weighted by molar-refractivity contribution is 5.95. The SMILES string of the molecule is CCCN(CC(=O)NC)c1c(CN)cnc2ccccc12. The number of nitrogens with one attached hydrogen (secondary N) is 1. The van der Waals surface area contributed by atoms with Gasteiger partial charge < -0.3 is 16.0 Å². The van der Waals surface area contributed by atoms with E-state index in [1.54, 1.807) is 7.05 Å². The summed E-state index contributed by atoms with van der Waals surface area (Å²) in [6, 6.07) is 7.95. The minimum Gasteiger partial charge on any atom is -0.361 e. The fraction of sp³-hybridized carbons (Fsp3) is 0.375. The number of fused-ring (bicyclic) bond motifs is 1. The van der Waals surface area contributed by atoms with E-state index < -0.39 is 0 Å². The van der Waals surface area contributed by atoms with Crippen molar-refractivity contribution in [3.63, 3.8) is 0 Å². The number of nitrogens with two attached hydrogens (primary N) is 1. The standard InChI is InChI=1S/C16H22N4O/c1-3-8-20(11-15(21)18-2)16-12(9-17)10-19-14-7-5-4-6-13(14)16/h4-7,10H,3,8-9,11,17H2,1-2H3,(H,18,21). The summed E-state index contributed by atoms with van der Waals surface area (Å²) in [5.74, 6) is -0.00712. The number of hydrogen-bond acceptors (Lipinski definition) is 4. The molecule has 1 aromatic carbocycles. The summed E-state index contributed by atoms with van der Waals surface area (Å²) < 4.78 is 0. The molecule has 0 spiro atoms. The van der Waals surface area contributed by atoms with E-state index in [2.05, 4.69) is 22.1 Å². The lowest BCUT2D eigenvalue weighted by Crippen LogP contribution is -2.37. The van der Waals surface area contributed by atoms with Gasteiger partial charge in [0.15, 0.2) is 0 Å². The number of nitrogens with zero attached hydrogens (tertiary/aromatic N) is 2. The molecule has 5 nitrogen and oxygen atoms in total. The molecule has 112 valence electrons. The molecule has 0 aliphatic carbocycles. The highest BCUT2D eigenvalue weighted by Gasteiger charge is 2.16. The van der Waals surface area contributed by atoms with Gasteiger partial charge in [-0.05, 0) is 12.5 Å². The topological polar surface area (TPSA) is 71.2 Å². The second-order valence-electron chi connectivity index (χ2n) is 4.95. The van der Waals surface area contributed by atoms with Crippen molar-refractivity contribution in [1.29, 1.82) is 0 Å². The van der Waals surface area contributed by atoms with Gasteiger partial charge in [-0.15, -0.1) is 0 Å². The Labute approximate surface area is 125 Å². The fourth-order valence-electron chi connectivity index (χ4n) is 2.48. The molecular weight excluding hydrogens is 264 g/mol. The summed E-state index contributed by atoms with van der Waals surface area (Å²) in [6.45, 7) is 3.63. The Morgan fingerprint density at radius 3 is 2.81 bits per heavy atom. The number of likely N-dealkylation sites (N-methyl/N-ethyl adjacent to an activating group) is 1. The van der Waals surface area contributed by atoms with Crippen molar-refractivity contribution in [1.82, 2.24) is 10.3 Å². The normalized spacial score (nSPS) is 10.6. The maximum absolute atomic E-state index is 11.8. The average molecular weight is 286 g/mol. The van der Waals surface area contributed by atoms with E-state index in [1.165, 1.54) is 0 Å². The third kappa shape index (κ3) is 3.31. The quantitative estimate of drug-likeness (QED) is 0.847. The smallest absolute Gasteiger partial charge is 0.239 e. The van der Waals surface area contributed by atoms with Crippen LogP contribution in [0.15, 0.2) is 30.5 Å². The molecule has 0 atom stereocenters. The van der Waals surface area contributed by atoms with Crippen LogP contribution in [-0.4, -0.2) is 31.0 Å². The molecule has 0 aliphatic rings. The molecule has 2 aromatic rings. The Balaban J connectivity index is 2.55. The molecule has 0 fully saturated rings. The Bertz CT molecular complexity index is 627. The number of benzene rings is 1. The van der Waals surface area contributed by atoms with Crippen molar-refractivity contribution in [2.24, 2.45) is 5.73 Å². The molecule has 1 amide bonds. The zero-order valence-corrected chi connectivity index (χ0v) is 12.6. The van der Waals surface area contributed by atoms with Gasteiger partial charge in [-0.2, -0.15) is 0 Å². The van der Waals surface area contributed by atoms with Crippen LogP contribution < -0.4 is 16.0 Å². The summed E-state index contributed by atoms with van der Waals surface area (Å²) >= 11 is 0. The zero-order chi connectivity index (χ0) is 15.2. The maximum Gasteiger partial charge on any atom is 0.239 e. The van der Waals surface area contributed by atoms with Gasteiger partial charge >= 0.3 is 0 Å². The number of aromatic nitrogens is 1. The molecule has 1 aromatic heterocycles. The number of anilines is 1. The van der Waals surface area contributed by atoms with Gasteiger partial charge in [0.1, 0.15) is 0 Å². The first-order valence-corrected chi connectivity index (χ1v) is 7.23. The van der Waals surface area contributed by atoms with Gasteiger partial charge in [-0.1, -0.05) is 25.1 Å². The number of carbonyl (C=O) groups is 1. The lowest BCUT2D eigenvalue weighted by atomic mass is 10.1. The predicted molar refractivity (Wildman–Crippen MR) is 86.2 cm³/mol. The van der Waals surface area contributed by atoms with Crippen molar-refractivity contribution < 1.29 is 4.79 Å². The van der Waals surface area contributed by atoms with E-state index in [0.717, 1.165) is 35.1 Å². The second kappa shape index (κ2) is 7.04. The number of carbonyl (C=O) groups excluding carboxylic acids is 1. The molecule has 3 N–H and O–H groups in total. The van der Waals surface area contributed by atoms with Crippen LogP contribution in [0.4, 0.5) is 5.69 Å². The molecule has 0 unspecified atom stereocenters. The van der Waals surface area contributed by atoms with E-state index in [4.69, 9.17) is 5.73 Å². The monoisotopic (exact) mass is 286 g/mol. The lowest BCUT2D eigenvalue weighted by Gasteiger charge is -2.27. The van der Waals surface area contributed by atoms with Gasteiger partial charge in [0.25, 0.3) is 0 Å². The number of hydrogen-bond donors (Lipinski definition) is 2. The molecule has 0 radical (unpaired) electrons. The van der Waals surface area contributed by atoms with Crippen LogP contribution in [-0.2, 0) is 11.3 Å². The first-order chi connectivity index (χ1) is 10.2. The summed E-state index contributed by atoms with van der Waals surface area (Å²) in [4.78, 5) is 18.3. The van der Waals surface area contributed by atoms with Crippen LogP contribution in [0.1, 0.15) is 18.9 Å². The number of pyridine rings is 1. The van der Waals surface area contributed by atoms with Crippen molar-refractivity contribution in [3.05, 3.63) is 36.0 Å². The van der Waals surface area contributed by atoms with Crippen LogP contribution in [0.2, 0.25) is 0 Å². The van der Waals surface area contributed by atoms with Crippen molar-refractivity contribution in [2.45, 2.75) is 19.9 Å². The van der Waals surface area contributed by atoms with Gasteiger partial charge in [-0.25, -0.2) is 0 Å². The van der Waals surface area contributed by atoms with Crippen molar-refractivity contribution in [3.8, 4) is 0 Å². The molecular formula is C16H22N4O. The van der Waals surface area contributed by atoms with Gasteiger partial charge in [-0.3, -0.25) is 9.78 Å². The summed E-state index contributed by atoms with van der Waals surface area (Å²) in [5.41, 5.74) is 8.78. The van der Waals surface area contributed by atoms with Crippen LogP contribution >= 0.6 is 0 Å². The molecule has 0 aliphatic heterocycles. The number of rotatable bonds is 6. The molecule has 1 heterocycles. The largest absolute Gasteiger partial charge is 0.361 e. The van der Waals surface area contributed by atoms with Crippen LogP contribution in [0.3, 0.4) is 0 Å². The molecule has 0 saturated carbocycles. The molecule has 0 saturated heterocycles. The zero-order valence-electron chi connectivity index (χ0n) is 12.6. The molecule has 0 bridgehead atoms. The van der Waals surface area contributed by atoms with E-state index in [-0.39, 0.29) is 5.91 Å². The summed E-state index contributed by atoms with van der Waals surface area (Å²) in [6.07, 6.45) is 2.77. The van der Waals surface area contributed by atoms with Crippen LogP contribution in [0, 0.1) is 0 Å². The number of amides is 1. The lowest BCUT2D eigenvalue weighted by molar-refractivity contribution is -0.119. The second-order valence-corrected chi connectivity index (χ2v) is 4.95. The maximum atomic E-state index is 11.8. The van der Waals surface area contributed by atoms with Gasteiger partial charge in [0, 0.05) is 37.3 Å². The van der Waals surface area contributed by atoms with Crippen LogP contribution in [0.5, 0.6) is 0 Å². The third-order valence-corrected chi connectivity index (χ3v) is 3.47. The van der Waals surface area contributed by atoms with Gasteiger partial charge in [0.2, 0.25) is 5.91 Å². The minimum atomic E-state index is -0.00712. The van der Waals surface area contributed by atoms with Crippen LogP contribution in [0.25, 0.3) is 10.9 Å². The first kappa shape index (κ1) is 15.3.